The zero-order chi connectivity index (χ0) is 27.2. The number of para-hydroxylation sites is 1. The van der Waals surface area contributed by atoms with Gasteiger partial charge in [0.2, 0.25) is 5.88 Å². The summed E-state index contributed by atoms with van der Waals surface area (Å²) in [5, 5.41) is 35.8. The average Bonchev–Trinajstić information content (AvgIpc) is 3.27. The Hall–Kier alpha value is -4.23. The molecule has 2 unspecified atom stereocenters. The molecule has 0 aliphatic carbocycles. The second-order valence-corrected chi connectivity index (χ2v) is 9.31. The first kappa shape index (κ1) is 27.4. The number of ether oxygens (including phenoxy) is 1. The lowest BCUT2D eigenvalue weighted by Gasteiger charge is -2.27. The second kappa shape index (κ2) is 11.7. The molecule has 0 bridgehead atoms. The molecule has 0 fully saturated rings. The molecule has 37 heavy (non-hydrogen) atoms. The van der Waals surface area contributed by atoms with Crippen molar-refractivity contribution in [1.29, 1.82) is 5.26 Å². The quantitative estimate of drug-likeness (QED) is 0.361. The highest BCUT2D eigenvalue weighted by Gasteiger charge is 2.28. The predicted octanol–water partition coefficient (Wildman–Crippen LogP) is 3.48. The molecule has 0 saturated carbocycles. The number of nitrogens with zero attached hydrogens (tertiary/aromatic N) is 3. The fraction of sp³-hybridized carbons (Fsp3) is 0.333. The third kappa shape index (κ3) is 7.15. The molecule has 2 aromatic carbocycles. The smallest absolute Gasteiger partial charge is 0.305 e. The van der Waals surface area contributed by atoms with Crippen molar-refractivity contribution in [2.45, 2.75) is 45.3 Å². The molecule has 0 spiro atoms. The maximum atomic E-state index is 14.6. The van der Waals surface area contributed by atoms with Crippen LogP contribution in [0.15, 0.2) is 54.6 Å². The van der Waals surface area contributed by atoms with Gasteiger partial charge in [-0.15, -0.1) is 0 Å². The number of benzene rings is 2. The monoisotopic (exact) mass is 508 g/mol. The number of rotatable bonds is 11. The largest absolute Gasteiger partial charge is 0.481 e. The van der Waals surface area contributed by atoms with Crippen molar-refractivity contribution >= 4 is 11.9 Å². The Bertz CT molecular complexity index is 1290. The van der Waals surface area contributed by atoms with E-state index in [1.54, 1.807) is 37.3 Å². The second-order valence-electron chi connectivity index (χ2n) is 9.31. The van der Waals surface area contributed by atoms with E-state index in [-0.39, 0.29) is 42.6 Å². The van der Waals surface area contributed by atoms with Crippen LogP contribution >= 0.6 is 0 Å². The number of amides is 1. The van der Waals surface area contributed by atoms with E-state index in [4.69, 9.17) is 10.00 Å². The van der Waals surface area contributed by atoms with Gasteiger partial charge in [-0.1, -0.05) is 38.1 Å². The Labute approximate surface area is 214 Å². The van der Waals surface area contributed by atoms with Gasteiger partial charge in [-0.2, -0.15) is 15.0 Å². The fourth-order valence-electron chi connectivity index (χ4n) is 3.40. The molecule has 3 aromatic rings. The maximum absolute atomic E-state index is 14.6. The molecule has 0 saturated heterocycles. The Balaban J connectivity index is 1.88. The summed E-state index contributed by atoms with van der Waals surface area (Å²) in [4.78, 5) is 24.5. The minimum absolute atomic E-state index is 0.0399. The van der Waals surface area contributed by atoms with Crippen LogP contribution in [-0.4, -0.2) is 50.1 Å². The highest BCUT2D eigenvalue weighted by atomic mass is 19.1. The first-order chi connectivity index (χ1) is 17.5. The van der Waals surface area contributed by atoms with Crippen LogP contribution < -0.4 is 10.1 Å². The molecule has 9 nitrogen and oxygen atoms in total. The maximum Gasteiger partial charge on any atom is 0.305 e. The standard InChI is InChI=1S/C27H29FN4O5/c1-17(2)27(3,36)16-37-24-14-22(31-32(24)23-7-5-4-6-21(23)28)26(35)30-20(13-25(33)34)12-18-8-10-19(15-29)11-9-18/h4-11,14,17,20,36H,12-13,16H2,1-3H3,(H,30,35)(H,33,34). The van der Waals surface area contributed by atoms with Gasteiger partial charge in [0, 0.05) is 12.1 Å². The van der Waals surface area contributed by atoms with E-state index in [9.17, 15) is 24.2 Å². The normalized spacial score (nSPS) is 13.4. The molecule has 0 aliphatic heterocycles. The Morgan fingerprint density at radius 3 is 2.49 bits per heavy atom. The topological polar surface area (TPSA) is 137 Å². The van der Waals surface area contributed by atoms with Crippen molar-refractivity contribution in [3.8, 4) is 17.6 Å². The van der Waals surface area contributed by atoms with Crippen LogP contribution in [0.1, 0.15) is 48.8 Å². The van der Waals surface area contributed by atoms with Gasteiger partial charge in [-0.3, -0.25) is 9.59 Å². The van der Waals surface area contributed by atoms with Crippen LogP contribution in [-0.2, 0) is 11.2 Å². The summed E-state index contributed by atoms with van der Waals surface area (Å²) in [7, 11) is 0. The van der Waals surface area contributed by atoms with Gasteiger partial charge in [-0.25, -0.2) is 4.39 Å². The number of carbonyl (C=O) groups excluding carboxylic acids is 1. The van der Waals surface area contributed by atoms with E-state index in [1.807, 2.05) is 19.9 Å². The number of carboxylic acids is 1. The number of halogens is 1. The lowest BCUT2D eigenvalue weighted by molar-refractivity contribution is -0.137. The lowest BCUT2D eigenvalue weighted by Crippen LogP contribution is -2.38. The highest BCUT2D eigenvalue weighted by Crippen LogP contribution is 2.25. The molecule has 194 valence electrons. The van der Waals surface area contributed by atoms with Gasteiger partial charge >= 0.3 is 5.97 Å². The molecule has 0 radical (unpaired) electrons. The summed E-state index contributed by atoms with van der Waals surface area (Å²) >= 11 is 0. The summed E-state index contributed by atoms with van der Waals surface area (Å²) in [6, 6.07) is 15.0. The van der Waals surface area contributed by atoms with Crippen molar-refractivity contribution in [2.75, 3.05) is 6.61 Å². The molecule has 1 heterocycles. The fourth-order valence-corrected chi connectivity index (χ4v) is 3.40. The van der Waals surface area contributed by atoms with Crippen molar-refractivity contribution in [3.63, 3.8) is 0 Å². The number of hydrogen-bond acceptors (Lipinski definition) is 6. The molecule has 3 N–H and O–H groups in total. The van der Waals surface area contributed by atoms with E-state index in [2.05, 4.69) is 10.4 Å². The van der Waals surface area contributed by atoms with Crippen LogP contribution in [0.5, 0.6) is 5.88 Å². The summed E-state index contributed by atoms with van der Waals surface area (Å²) in [5.74, 6) is -2.47. The summed E-state index contributed by atoms with van der Waals surface area (Å²) < 4.78 is 21.5. The number of nitriles is 1. The number of carboxylic acid groups (broad SMARTS) is 1. The third-order valence-corrected chi connectivity index (χ3v) is 6.07. The van der Waals surface area contributed by atoms with Crippen molar-refractivity contribution in [3.05, 3.63) is 77.2 Å². The van der Waals surface area contributed by atoms with Crippen LogP contribution in [0.4, 0.5) is 4.39 Å². The Kier molecular flexibility index (Phi) is 8.63. The molecular weight excluding hydrogens is 479 g/mol. The van der Waals surface area contributed by atoms with Gasteiger partial charge in [0.15, 0.2) is 5.69 Å². The van der Waals surface area contributed by atoms with Crippen LogP contribution in [0.25, 0.3) is 5.69 Å². The summed E-state index contributed by atoms with van der Waals surface area (Å²) in [5.41, 5.74) is -0.0638. The number of carbonyl (C=O) groups is 2. The van der Waals surface area contributed by atoms with Crippen LogP contribution in [0, 0.1) is 23.1 Å². The SMILES string of the molecule is CC(C)C(C)(O)COc1cc(C(=O)NC(CC(=O)O)Cc2ccc(C#N)cc2)nn1-c1ccccc1F. The summed E-state index contributed by atoms with van der Waals surface area (Å²) in [6.45, 7) is 5.13. The molecule has 0 aliphatic rings. The molecule has 10 heteroatoms. The van der Waals surface area contributed by atoms with Gasteiger partial charge in [0.1, 0.15) is 18.1 Å². The zero-order valence-corrected chi connectivity index (χ0v) is 20.8. The summed E-state index contributed by atoms with van der Waals surface area (Å²) in [6.07, 6.45) is -0.140. The molecule has 1 amide bonds. The van der Waals surface area contributed by atoms with Gasteiger partial charge in [-0.05, 0) is 49.1 Å². The number of nitrogens with one attached hydrogen (secondary N) is 1. The van der Waals surface area contributed by atoms with E-state index >= 15 is 0 Å². The molecule has 2 atom stereocenters. The Morgan fingerprint density at radius 2 is 1.89 bits per heavy atom. The molecule has 3 rings (SSSR count). The van der Waals surface area contributed by atoms with Crippen molar-refractivity contribution < 1.29 is 28.9 Å². The van der Waals surface area contributed by atoms with Crippen molar-refractivity contribution in [2.24, 2.45) is 5.92 Å². The van der Waals surface area contributed by atoms with E-state index < -0.39 is 29.3 Å². The molecular formula is C27H29FN4O5. The first-order valence-corrected chi connectivity index (χ1v) is 11.7. The predicted molar refractivity (Wildman–Crippen MR) is 133 cm³/mol. The first-order valence-electron chi connectivity index (χ1n) is 11.7. The number of aliphatic carboxylic acids is 1. The lowest BCUT2D eigenvalue weighted by atomic mass is 9.94. The number of hydrogen-bond donors (Lipinski definition) is 3. The average molecular weight is 509 g/mol. The van der Waals surface area contributed by atoms with E-state index in [0.717, 1.165) is 10.2 Å². The van der Waals surface area contributed by atoms with Crippen LogP contribution in [0.3, 0.4) is 0 Å². The number of aromatic nitrogens is 2. The highest BCUT2D eigenvalue weighted by molar-refractivity contribution is 5.93. The number of aliphatic hydroxyl groups is 1. The Morgan fingerprint density at radius 1 is 1.22 bits per heavy atom. The molecule has 1 aromatic heterocycles. The third-order valence-electron chi connectivity index (χ3n) is 6.07. The van der Waals surface area contributed by atoms with Crippen LogP contribution in [0.2, 0.25) is 0 Å². The van der Waals surface area contributed by atoms with Gasteiger partial charge < -0.3 is 20.3 Å². The minimum atomic E-state index is -1.19. The minimum Gasteiger partial charge on any atom is -0.481 e. The van der Waals surface area contributed by atoms with E-state index in [0.29, 0.717) is 5.56 Å². The van der Waals surface area contributed by atoms with Gasteiger partial charge in [0.25, 0.3) is 5.91 Å². The zero-order valence-electron chi connectivity index (χ0n) is 20.8. The van der Waals surface area contributed by atoms with Crippen molar-refractivity contribution in [1.82, 2.24) is 15.1 Å². The van der Waals surface area contributed by atoms with E-state index in [1.165, 1.54) is 24.3 Å². The van der Waals surface area contributed by atoms with Gasteiger partial charge in [0.05, 0.1) is 23.7 Å².